The molecule has 4 heterocycles. The average Bonchev–Trinajstić information content (AvgIpc) is 3.83. The summed E-state index contributed by atoms with van der Waals surface area (Å²) in [5.41, 5.74) is 4.97. The van der Waals surface area contributed by atoms with Crippen molar-refractivity contribution in [2.45, 2.75) is 66.7 Å². The van der Waals surface area contributed by atoms with Gasteiger partial charge < -0.3 is 20.9 Å². The highest BCUT2D eigenvalue weighted by atomic mass is 32.1. The quantitative estimate of drug-likeness (QED) is 0.0993. The molecule has 1 aliphatic heterocycles. The molecule has 57 heavy (non-hydrogen) atoms. The van der Waals surface area contributed by atoms with Crippen LogP contribution in [0.3, 0.4) is 0 Å². The standard InChI is InChI=1S/C42H52N10O4S/c1-26(2)39(55)31(20-30-10-6-7-11-30)21-32-22-45-41(46-28(32)4)49-36-15-14-33(23-43-36)52-18-16-51(17-19-52)25-38(54)44-24-37(53)48-35-13-9-8-12-34(35)40(56)50-42-47-27(3)29(5)57-42/h8-9,12-15,21-23,26,30H,6-7,10-11,16-20,24-25H2,1-5H3,(H,44,54)(H,48,53)(H,47,50,56)(H,43,45,46,49)/b31-21+. The number of aryl methyl sites for hydroxylation is 3. The largest absolute Gasteiger partial charge is 0.368 e. The smallest absolute Gasteiger partial charge is 0.259 e. The number of amides is 3. The van der Waals surface area contributed by atoms with Crippen LogP contribution in [0, 0.1) is 32.6 Å². The maximum absolute atomic E-state index is 13.0. The molecule has 300 valence electrons. The molecule has 4 N–H and O–H groups in total. The van der Waals surface area contributed by atoms with Gasteiger partial charge in [0.25, 0.3) is 5.91 Å². The van der Waals surface area contributed by atoms with Gasteiger partial charge >= 0.3 is 0 Å². The molecule has 1 aromatic carbocycles. The van der Waals surface area contributed by atoms with Crippen molar-refractivity contribution in [3.05, 3.63) is 81.8 Å². The predicted molar refractivity (Wildman–Crippen MR) is 225 cm³/mol. The van der Waals surface area contributed by atoms with Crippen LogP contribution < -0.4 is 26.2 Å². The number of rotatable bonds is 15. The minimum atomic E-state index is -0.436. The molecular formula is C42H52N10O4S. The Morgan fingerprint density at radius 3 is 2.30 bits per heavy atom. The van der Waals surface area contributed by atoms with E-state index in [2.05, 4.69) is 46.1 Å². The van der Waals surface area contributed by atoms with Gasteiger partial charge in [-0.3, -0.25) is 29.4 Å². The summed E-state index contributed by atoms with van der Waals surface area (Å²) in [5, 5.41) is 11.9. The molecule has 3 amide bonds. The Labute approximate surface area is 338 Å². The number of nitrogens with one attached hydrogen (secondary N) is 4. The van der Waals surface area contributed by atoms with Gasteiger partial charge in [-0.25, -0.2) is 19.9 Å². The highest BCUT2D eigenvalue weighted by molar-refractivity contribution is 7.15. The van der Waals surface area contributed by atoms with E-state index in [1.165, 1.54) is 37.0 Å². The number of allylic oxidation sites excluding steroid dienone is 1. The van der Waals surface area contributed by atoms with Crippen molar-refractivity contribution in [2.75, 3.05) is 60.1 Å². The fraction of sp³-hybridized carbons (Fsp3) is 0.429. The molecule has 14 nitrogen and oxygen atoms in total. The molecule has 2 fully saturated rings. The molecule has 0 unspecified atom stereocenters. The molecule has 1 saturated heterocycles. The number of aromatic nitrogens is 4. The fourth-order valence-electron chi connectivity index (χ4n) is 7.03. The van der Waals surface area contributed by atoms with E-state index in [-0.39, 0.29) is 36.6 Å². The van der Waals surface area contributed by atoms with Crippen LogP contribution in [0.15, 0.2) is 54.4 Å². The summed E-state index contributed by atoms with van der Waals surface area (Å²) in [6, 6.07) is 10.6. The Bertz CT molecular complexity index is 2080. The Hall–Kier alpha value is -5.54. The van der Waals surface area contributed by atoms with E-state index in [0.29, 0.717) is 60.2 Å². The van der Waals surface area contributed by atoms with Gasteiger partial charge in [0.15, 0.2) is 10.9 Å². The maximum Gasteiger partial charge on any atom is 0.259 e. The fourth-order valence-corrected chi connectivity index (χ4v) is 7.84. The number of nitrogens with zero attached hydrogens (tertiary/aromatic N) is 6. The maximum atomic E-state index is 13.0. The normalized spacial score (nSPS) is 15.1. The van der Waals surface area contributed by atoms with E-state index in [9.17, 15) is 19.2 Å². The number of pyridine rings is 1. The van der Waals surface area contributed by atoms with Gasteiger partial charge in [0.05, 0.1) is 47.6 Å². The second-order valence-corrected chi connectivity index (χ2v) is 16.3. The third-order valence-electron chi connectivity index (χ3n) is 10.4. The molecule has 0 radical (unpaired) electrons. The molecule has 4 aromatic rings. The lowest BCUT2D eigenvalue weighted by Gasteiger charge is -2.35. The number of carbonyl (C=O) groups excluding carboxylic acids is 4. The van der Waals surface area contributed by atoms with Crippen LogP contribution in [-0.4, -0.2) is 87.6 Å². The van der Waals surface area contributed by atoms with Gasteiger partial charge in [-0.15, -0.1) is 11.3 Å². The topological polar surface area (TPSA) is 174 Å². The van der Waals surface area contributed by atoms with Crippen molar-refractivity contribution in [1.82, 2.24) is 30.2 Å². The van der Waals surface area contributed by atoms with Crippen LogP contribution >= 0.6 is 11.3 Å². The van der Waals surface area contributed by atoms with Crippen LogP contribution in [0.25, 0.3) is 6.08 Å². The van der Waals surface area contributed by atoms with E-state index >= 15 is 0 Å². The van der Waals surface area contributed by atoms with E-state index < -0.39 is 5.91 Å². The van der Waals surface area contributed by atoms with Crippen LogP contribution in [-0.2, 0) is 14.4 Å². The highest BCUT2D eigenvalue weighted by Gasteiger charge is 2.23. The molecule has 1 aliphatic carbocycles. The Morgan fingerprint density at radius 2 is 1.63 bits per heavy atom. The summed E-state index contributed by atoms with van der Waals surface area (Å²) in [5.74, 6) is 0.683. The summed E-state index contributed by atoms with van der Waals surface area (Å²) < 4.78 is 0. The second-order valence-electron chi connectivity index (χ2n) is 15.1. The minimum absolute atomic E-state index is 0.0554. The first-order valence-corrected chi connectivity index (χ1v) is 20.4. The zero-order valence-corrected chi connectivity index (χ0v) is 34.2. The van der Waals surface area contributed by atoms with Crippen LogP contribution in [0.2, 0.25) is 0 Å². The Morgan fingerprint density at radius 1 is 0.877 bits per heavy atom. The molecular weight excluding hydrogens is 741 g/mol. The SMILES string of the molecule is Cc1nc(Nc2ccc(N3CCN(CC(=O)NCC(=O)Nc4ccccc4C(=O)Nc4nc(C)c(C)s4)CC3)cn2)ncc1/C=C(\CC1CCCC1)C(=O)C(C)C. The van der Waals surface area contributed by atoms with E-state index in [1.807, 2.05) is 63.9 Å². The lowest BCUT2D eigenvalue weighted by Crippen LogP contribution is -2.50. The number of hydrogen-bond donors (Lipinski definition) is 4. The van der Waals surface area contributed by atoms with Gasteiger partial charge in [-0.2, -0.15) is 0 Å². The number of para-hydroxylation sites is 1. The number of Topliss-reactive ketones (excluding diaryl/α,β-unsaturated/α-hetero) is 1. The Balaban J connectivity index is 0.938. The van der Waals surface area contributed by atoms with Crippen molar-refractivity contribution in [1.29, 1.82) is 0 Å². The number of carbonyl (C=O) groups is 4. The molecule has 0 atom stereocenters. The Kier molecular flexibility index (Phi) is 13.8. The number of hydrogen-bond acceptors (Lipinski definition) is 12. The summed E-state index contributed by atoms with van der Waals surface area (Å²) in [7, 11) is 0. The van der Waals surface area contributed by atoms with E-state index in [4.69, 9.17) is 0 Å². The van der Waals surface area contributed by atoms with Crippen molar-refractivity contribution in [2.24, 2.45) is 11.8 Å². The summed E-state index contributed by atoms with van der Waals surface area (Å²) in [4.78, 5) is 74.9. The predicted octanol–water partition coefficient (Wildman–Crippen LogP) is 6.31. The van der Waals surface area contributed by atoms with Gasteiger partial charge in [0, 0.05) is 48.7 Å². The van der Waals surface area contributed by atoms with Crippen molar-refractivity contribution in [3.8, 4) is 0 Å². The lowest BCUT2D eigenvalue weighted by molar-refractivity contribution is -0.125. The van der Waals surface area contributed by atoms with Gasteiger partial charge in [0.1, 0.15) is 5.82 Å². The minimum Gasteiger partial charge on any atom is -0.368 e. The molecule has 0 spiro atoms. The summed E-state index contributed by atoms with van der Waals surface area (Å²) in [6.07, 6.45) is 11.2. The molecule has 0 bridgehead atoms. The van der Waals surface area contributed by atoms with Gasteiger partial charge in [-0.05, 0) is 69.0 Å². The van der Waals surface area contributed by atoms with Crippen LogP contribution in [0.4, 0.5) is 28.3 Å². The number of benzene rings is 1. The first-order chi connectivity index (χ1) is 27.4. The molecule has 3 aromatic heterocycles. The number of anilines is 5. The van der Waals surface area contributed by atoms with Crippen LogP contribution in [0.1, 0.15) is 78.1 Å². The third-order valence-corrected chi connectivity index (χ3v) is 11.4. The number of piperazine rings is 1. The van der Waals surface area contributed by atoms with Crippen molar-refractivity contribution in [3.63, 3.8) is 0 Å². The monoisotopic (exact) mass is 792 g/mol. The van der Waals surface area contributed by atoms with Crippen molar-refractivity contribution >= 4 is 69.2 Å². The lowest BCUT2D eigenvalue weighted by atomic mass is 9.90. The van der Waals surface area contributed by atoms with Gasteiger partial charge in [0.2, 0.25) is 17.8 Å². The van der Waals surface area contributed by atoms with E-state index in [1.54, 1.807) is 30.5 Å². The number of thiazole rings is 1. The van der Waals surface area contributed by atoms with E-state index in [0.717, 1.165) is 39.5 Å². The molecule has 1 saturated carbocycles. The second kappa shape index (κ2) is 19.1. The first kappa shape index (κ1) is 41.1. The highest BCUT2D eigenvalue weighted by Crippen LogP contribution is 2.32. The van der Waals surface area contributed by atoms with Crippen molar-refractivity contribution < 1.29 is 19.2 Å². The van der Waals surface area contributed by atoms with Crippen LogP contribution in [0.5, 0.6) is 0 Å². The summed E-state index contributed by atoms with van der Waals surface area (Å²) >= 11 is 1.39. The average molecular weight is 793 g/mol. The zero-order chi connectivity index (χ0) is 40.5. The first-order valence-electron chi connectivity index (χ1n) is 19.6. The van der Waals surface area contributed by atoms with Gasteiger partial charge in [-0.1, -0.05) is 51.7 Å². The molecule has 15 heteroatoms. The third kappa shape index (κ3) is 11.3. The zero-order valence-electron chi connectivity index (χ0n) is 33.4. The number of ketones is 1. The summed E-state index contributed by atoms with van der Waals surface area (Å²) in [6.45, 7) is 12.3. The molecule has 2 aliphatic rings. The molecule has 6 rings (SSSR count).